The molecule has 4 nitrogen and oxygen atoms in total. The lowest BCUT2D eigenvalue weighted by Crippen LogP contribution is -2.51. The van der Waals surface area contributed by atoms with Gasteiger partial charge in [0, 0.05) is 5.54 Å². The maximum absolute atomic E-state index is 11.5. The summed E-state index contributed by atoms with van der Waals surface area (Å²) in [5.41, 5.74) is -0.281. The predicted molar refractivity (Wildman–Crippen MR) is 59.4 cm³/mol. The molecule has 0 fully saturated rings. The number of thiol groups is 1. The van der Waals surface area contributed by atoms with Gasteiger partial charge in [-0.2, -0.15) is 12.6 Å². The van der Waals surface area contributed by atoms with Gasteiger partial charge in [-0.3, -0.25) is 9.59 Å². The minimum absolute atomic E-state index is 0.0904. The number of carbonyl (C=O) groups excluding carboxylic acids is 2. The normalized spacial score (nSPS) is 13.2. The van der Waals surface area contributed by atoms with Crippen LogP contribution in [-0.4, -0.2) is 29.1 Å². The van der Waals surface area contributed by atoms with Crippen LogP contribution in [-0.2, 0) is 9.59 Å². The summed E-state index contributed by atoms with van der Waals surface area (Å²) < 4.78 is 0. The monoisotopic (exact) mass is 218 g/mol. The molecule has 14 heavy (non-hydrogen) atoms. The summed E-state index contributed by atoms with van der Waals surface area (Å²) in [7, 11) is 0. The minimum Gasteiger partial charge on any atom is -0.350 e. The molecule has 2 amide bonds. The Labute approximate surface area is 90.2 Å². The van der Waals surface area contributed by atoms with Gasteiger partial charge in [0.15, 0.2) is 0 Å². The summed E-state index contributed by atoms with van der Waals surface area (Å²) in [4.78, 5) is 22.4. The molecule has 0 radical (unpaired) electrons. The number of hydrogen-bond acceptors (Lipinski definition) is 3. The van der Waals surface area contributed by atoms with Crippen LogP contribution < -0.4 is 10.6 Å². The van der Waals surface area contributed by atoms with Crippen LogP contribution in [0.4, 0.5) is 0 Å². The molecule has 0 saturated carbocycles. The molecule has 0 aromatic rings. The molecule has 0 aromatic carbocycles. The smallest absolute Gasteiger partial charge is 0.242 e. The lowest BCUT2D eigenvalue weighted by Gasteiger charge is -2.23. The molecule has 1 atom stereocenters. The molecule has 0 bridgehead atoms. The fourth-order valence-corrected chi connectivity index (χ4v) is 0.922. The maximum Gasteiger partial charge on any atom is 0.242 e. The van der Waals surface area contributed by atoms with Crippen LogP contribution in [0.15, 0.2) is 0 Å². The Morgan fingerprint density at radius 3 is 2.21 bits per heavy atom. The first-order chi connectivity index (χ1) is 6.26. The van der Waals surface area contributed by atoms with E-state index in [4.69, 9.17) is 0 Å². The molecule has 2 N–H and O–H groups in total. The van der Waals surface area contributed by atoms with Crippen LogP contribution in [0.5, 0.6) is 0 Å². The molecule has 0 aromatic heterocycles. The van der Waals surface area contributed by atoms with Crippen molar-refractivity contribution < 1.29 is 9.59 Å². The van der Waals surface area contributed by atoms with Gasteiger partial charge in [0.05, 0.1) is 5.75 Å². The van der Waals surface area contributed by atoms with Gasteiger partial charge in [-0.1, -0.05) is 0 Å². The first-order valence-corrected chi connectivity index (χ1v) is 5.12. The van der Waals surface area contributed by atoms with E-state index in [2.05, 4.69) is 23.3 Å². The van der Waals surface area contributed by atoms with Crippen molar-refractivity contribution in [3.05, 3.63) is 0 Å². The Balaban J connectivity index is 4.07. The summed E-state index contributed by atoms with van der Waals surface area (Å²) in [6, 6.07) is -0.520. The van der Waals surface area contributed by atoms with E-state index in [1.54, 1.807) is 6.92 Å². The number of nitrogens with one attached hydrogen (secondary N) is 2. The Hall–Kier alpha value is -0.710. The van der Waals surface area contributed by atoms with Crippen LogP contribution in [0.1, 0.15) is 27.7 Å². The average Bonchev–Trinajstić information content (AvgIpc) is 2.00. The topological polar surface area (TPSA) is 58.2 Å². The summed E-state index contributed by atoms with van der Waals surface area (Å²) in [5.74, 6) is -0.342. The second-order valence-corrected chi connectivity index (χ2v) is 4.50. The Bertz CT molecular complexity index is 223. The standard InChI is InChI=1S/C9H18N2O2S/c1-6(10-7(12)5-14)8(13)11-9(2,3)4/h6,14H,5H2,1-4H3,(H,10,12)(H,11,13). The molecule has 0 rings (SSSR count). The van der Waals surface area contributed by atoms with E-state index in [9.17, 15) is 9.59 Å². The molecule has 5 heteroatoms. The van der Waals surface area contributed by atoms with E-state index in [0.717, 1.165) is 0 Å². The molecule has 1 unspecified atom stereocenters. The fraction of sp³-hybridized carbons (Fsp3) is 0.778. The zero-order chi connectivity index (χ0) is 11.4. The molecular weight excluding hydrogens is 200 g/mol. The molecule has 0 spiro atoms. The summed E-state index contributed by atoms with van der Waals surface area (Å²) in [6.07, 6.45) is 0. The van der Waals surface area contributed by atoms with Gasteiger partial charge in [0.25, 0.3) is 0 Å². The van der Waals surface area contributed by atoms with Crippen molar-refractivity contribution in [2.75, 3.05) is 5.75 Å². The Kier molecular flexibility index (Phi) is 4.97. The van der Waals surface area contributed by atoms with Crippen LogP contribution in [0.2, 0.25) is 0 Å². The van der Waals surface area contributed by atoms with E-state index >= 15 is 0 Å². The summed E-state index contributed by atoms with van der Waals surface area (Å²) in [5, 5.41) is 5.29. The van der Waals surface area contributed by atoms with Crippen LogP contribution in [0.3, 0.4) is 0 Å². The lowest BCUT2D eigenvalue weighted by molar-refractivity contribution is -0.128. The van der Waals surface area contributed by atoms with Crippen molar-refractivity contribution in [2.24, 2.45) is 0 Å². The number of hydrogen-bond donors (Lipinski definition) is 3. The highest BCUT2D eigenvalue weighted by Gasteiger charge is 2.19. The largest absolute Gasteiger partial charge is 0.350 e. The number of amides is 2. The fourth-order valence-electron chi connectivity index (χ4n) is 0.831. The van der Waals surface area contributed by atoms with Crippen molar-refractivity contribution in [3.8, 4) is 0 Å². The van der Waals surface area contributed by atoms with E-state index in [1.807, 2.05) is 20.8 Å². The molecule has 82 valence electrons. The minimum atomic E-state index is -0.520. The first kappa shape index (κ1) is 13.3. The SMILES string of the molecule is CC(NC(=O)CS)C(=O)NC(C)(C)C. The zero-order valence-electron chi connectivity index (χ0n) is 9.05. The summed E-state index contributed by atoms with van der Waals surface area (Å²) in [6.45, 7) is 7.30. The molecule has 0 heterocycles. The second kappa shape index (κ2) is 5.24. The highest BCUT2D eigenvalue weighted by atomic mass is 32.1. The van der Waals surface area contributed by atoms with E-state index in [-0.39, 0.29) is 23.1 Å². The van der Waals surface area contributed by atoms with Gasteiger partial charge < -0.3 is 10.6 Å². The lowest BCUT2D eigenvalue weighted by atomic mass is 10.1. The highest BCUT2D eigenvalue weighted by Crippen LogP contribution is 1.99. The highest BCUT2D eigenvalue weighted by molar-refractivity contribution is 7.81. The average molecular weight is 218 g/mol. The van der Waals surface area contributed by atoms with Crippen molar-refractivity contribution in [1.82, 2.24) is 10.6 Å². The number of rotatable bonds is 3. The van der Waals surface area contributed by atoms with Gasteiger partial charge in [-0.05, 0) is 27.7 Å². The van der Waals surface area contributed by atoms with Crippen molar-refractivity contribution >= 4 is 24.4 Å². The van der Waals surface area contributed by atoms with Crippen LogP contribution in [0, 0.1) is 0 Å². The second-order valence-electron chi connectivity index (χ2n) is 4.19. The van der Waals surface area contributed by atoms with E-state index in [0.29, 0.717) is 0 Å². The third kappa shape index (κ3) is 5.85. The molecular formula is C9H18N2O2S. The predicted octanol–water partition coefficient (Wildman–Crippen LogP) is 0.336. The van der Waals surface area contributed by atoms with E-state index < -0.39 is 6.04 Å². The summed E-state index contributed by atoms with van der Waals surface area (Å²) >= 11 is 3.80. The van der Waals surface area contributed by atoms with Gasteiger partial charge in [0.1, 0.15) is 6.04 Å². The van der Waals surface area contributed by atoms with Gasteiger partial charge in [-0.15, -0.1) is 0 Å². The van der Waals surface area contributed by atoms with E-state index in [1.165, 1.54) is 0 Å². The molecule has 0 saturated heterocycles. The molecule has 0 aliphatic carbocycles. The molecule has 0 aliphatic heterocycles. The van der Waals surface area contributed by atoms with Crippen molar-refractivity contribution in [3.63, 3.8) is 0 Å². The number of carbonyl (C=O) groups is 2. The van der Waals surface area contributed by atoms with Gasteiger partial charge in [0.2, 0.25) is 11.8 Å². The van der Waals surface area contributed by atoms with Crippen LogP contribution >= 0.6 is 12.6 Å². The zero-order valence-corrected chi connectivity index (χ0v) is 9.94. The van der Waals surface area contributed by atoms with Crippen molar-refractivity contribution in [2.45, 2.75) is 39.3 Å². The molecule has 0 aliphatic rings. The van der Waals surface area contributed by atoms with Crippen LogP contribution in [0.25, 0.3) is 0 Å². The third-order valence-electron chi connectivity index (χ3n) is 1.41. The first-order valence-electron chi connectivity index (χ1n) is 4.48. The Morgan fingerprint density at radius 1 is 1.36 bits per heavy atom. The quantitative estimate of drug-likeness (QED) is 0.598. The van der Waals surface area contributed by atoms with Gasteiger partial charge >= 0.3 is 0 Å². The third-order valence-corrected chi connectivity index (χ3v) is 1.70. The van der Waals surface area contributed by atoms with Gasteiger partial charge in [-0.25, -0.2) is 0 Å². The maximum atomic E-state index is 11.5. The Morgan fingerprint density at radius 2 is 1.86 bits per heavy atom. The van der Waals surface area contributed by atoms with Crippen molar-refractivity contribution in [1.29, 1.82) is 0 Å².